The molecule has 422 valence electrons. The van der Waals surface area contributed by atoms with Crippen molar-refractivity contribution in [3.63, 3.8) is 0 Å². The summed E-state index contributed by atoms with van der Waals surface area (Å²) in [5.74, 6) is 1.74. The van der Waals surface area contributed by atoms with Gasteiger partial charge in [0.2, 0.25) is 0 Å². The zero-order valence-corrected chi connectivity index (χ0v) is 49.2. The van der Waals surface area contributed by atoms with Crippen LogP contribution in [0.15, 0.2) is 325 Å². The summed E-state index contributed by atoms with van der Waals surface area (Å²) >= 11 is 0. The molecule has 13 aromatic carbocycles. The Balaban J connectivity index is 1.07. The monoisotopic (exact) mass is 1160 g/mol. The van der Waals surface area contributed by atoms with Crippen LogP contribution in [0.5, 0.6) is 0 Å². The van der Waals surface area contributed by atoms with Crippen molar-refractivity contribution in [1.82, 2.24) is 24.1 Å². The Hall–Kier alpha value is -12.1. The number of para-hydroxylation sites is 2. The molecule has 3 aromatic heterocycles. The first-order valence-corrected chi connectivity index (χ1v) is 30.9. The third-order valence-corrected chi connectivity index (χ3v) is 18.1. The normalized spacial score (nSPS) is 12.5. The van der Waals surface area contributed by atoms with Gasteiger partial charge in [-0.15, -0.1) is 0 Å². The van der Waals surface area contributed by atoms with E-state index in [2.05, 4.69) is 288 Å². The zero-order valence-electron chi connectivity index (χ0n) is 49.2. The lowest BCUT2D eigenvalue weighted by molar-refractivity contribution is 1.07. The van der Waals surface area contributed by atoms with Crippen LogP contribution in [-0.2, 0) is 0 Å². The molecule has 2 aliphatic heterocycles. The van der Waals surface area contributed by atoms with Gasteiger partial charge < -0.3 is 9.13 Å². The van der Waals surface area contributed by atoms with Gasteiger partial charge in [-0.2, -0.15) is 0 Å². The highest BCUT2D eigenvalue weighted by atomic mass is 15.1. The second-order valence-electron chi connectivity index (χ2n) is 23.5. The molecule has 0 saturated heterocycles. The molecule has 2 aliphatic rings. The number of hydrogen-bond donors (Lipinski definition) is 0. The molecule has 0 bridgehead atoms. The number of hydrogen-bond acceptors (Lipinski definition) is 5. The lowest BCUT2D eigenvalue weighted by atomic mass is 9.33. The van der Waals surface area contributed by atoms with Crippen LogP contribution >= 0.6 is 0 Å². The summed E-state index contributed by atoms with van der Waals surface area (Å²) in [5.41, 5.74) is 23.1. The lowest BCUT2D eigenvalue weighted by Gasteiger charge is -2.38. The number of nitrogens with zero attached hydrogens (tertiary/aromatic N) is 7. The maximum absolute atomic E-state index is 5.77. The molecule has 0 radical (unpaired) electrons. The van der Waals surface area contributed by atoms with Crippen molar-refractivity contribution in [1.29, 1.82) is 0 Å². The largest absolute Gasteiger partial charge is 0.310 e. The molecule has 0 aliphatic carbocycles. The molecule has 0 atom stereocenters. The Kier molecular flexibility index (Phi) is 12.2. The minimum absolute atomic E-state index is 0.314. The van der Waals surface area contributed by atoms with E-state index in [1.165, 1.54) is 16.4 Å². The number of benzene rings is 13. The van der Waals surface area contributed by atoms with E-state index in [1.54, 1.807) is 0 Å². The molecule has 0 amide bonds. The average molecular weight is 1160 g/mol. The van der Waals surface area contributed by atoms with E-state index in [0.717, 1.165) is 138 Å². The Labute approximate surface area is 525 Å². The van der Waals surface area contributed by atoms with Gasteiger partial charge in [0.25, 0.3) is 6.71 Å². The molecule has 7 nitrogen and oxygen atoms in total. The third kappa shape index (κ3) is 8.79. The summed E-state index contributed by atoms with van der Waals surface area (Å²) in [6.07, 6.45) is 0. The van der Waals surface area contributed by atoms with E-state index in [1.807, 2.05) is 36.4 Å². The molecule has 0 fully saturated rings. The lowest BCUT2D eigenvalue weighted by Crippen LogP contribution is -2.60. The fourth-order valence-corrected chi connectivity index (χ4v) is 14.0. The Bertz CT molecular complexity index is 5380. The smallest absolute Gasteiger partial charge is 0.252 e. The van der Waals surface area contributed by atoms with Crippen LogP contribution in [-0.4, -0.2) is 30.8 Å². The van der Waals surface area contributed by atoms with Gasteiger partial charge in [-0.1, -0.05) is 243 Å². The van der Waals surface area contributed by atoms with Crippen molar-refractivity contribution in [3.05, 3.63) is 326 Å². The van der Waals surface area contributed by atoms with E-state index in [-0.39, 0.29) is 6.71 Å². The summed E-state index contributed by atoms with van der Waals surface area (Å²) in [5, 5.41) is 5.92. The van der Waals surface area contributed by atoms with Crippen molar-refractivity contribution >= 4 is 78.1 Å². The van der Waals surface area contributed by atoms with Crippen LogP contribution in [0.2, 0.25) is 0 Å². The molecule has 91 heavy (non-hydrogen) atoms. The van der Waals surface area contributed by atoms with Crippen molar-refractivity contribution in [2.75, 3.05) is 0 Å². The first kappa shape index (κ1) is 52.0. The van der Waals surface area contributed by atoms with Gasteiger partial charge in [0.15, 0.2) is 17.5 Å². The molecular weight excluding hydrogens is 1110 g/mol. The predicted octanol–water partition coefficient (Wildman–Crippen LogP) is 17.3. The first-order chi connectivity index (χ1) is 45.1. The van der Waals surface area contributed by atoms with Gasteiger partial charge in [0.05, 0.1) is 44.2 Å². The fourth-order valence-electron chi connectivity index (χ4n) is 14.0. The summed E-state index contributed by atoms with van der Waals surface area (Å²) in [6.45, 7) is -0.314. The van der Waals surface area contributed by atoms with Gasteiger partial charge in [0.1, 0.15) is 0 Å². The standard InChI is InChI=1S/C83H52BN7/c1-9-25-53(26-10-1)59-41-43-72-66(45-59)77(85-64-37-21-7-22-38-64)68-47-61(55-29-13-3-14-30-55)49-70-79(68)90(72)74-51-63(83-88-81(57-33-17-5-18-34-57)87-82(89-83)58-35-19-6-20-36-58)52-75-76(74)84(70)71-50-62(56-31-15-4-16-32-56)48-69-78(86-65-39-23-8-24-40-65)67-46-60(54-27-11-2-12-28-54)42-44-73(67)91(75)80(69)71/h1-52H. The Morgan fingerprint density at radius 2 is 0.560 bits per heavy atom. The van der Waals surface area contributed by atoms with E-state index in [9.17, 15) is 0 Å². The second kappa shape index (κ2) is 21.3. The zero-order chi connectivity index (χ0) is 59.9. The first-order valence-electron chi connectivity index (χ1n) is 30.9. The van der Waals surface area contributed by atoms with Crippen LogP contribution in [0.3, 0.4) is 0 Å². The number of fused-ring (bicyclic) bond motifs is 8. The van der Waals surface area contributed by atoms with Crippen molar-refractivity contribution in [2.24, 2.45) is 9.98 Å². The number of rotatable bonds is 9. The summed E-state index contributed by atoms with van der Waals surface area (Å²) in [6, 6.07) is 113. The van der Waals surface area contributed by atoms with Crippen molar-refractivity contribution < 1.29 is 0 Å². The predicted molar refractivity (Wildman–Crippen MR) is 375 cm³/mol. The van der Waals surface area contributed by atoms with Crippen LogP contribution in [0.25, 0.3) is 134 Å². The SMILES string of the molecule is c1ccc(N=c2c3cc(-c4ccccc4)ccc3n3c4c(cc(-c5ccccc5)cc24)B2c4c-3cc(-c3nc(-c5ccccc5)nc(-c5ccccc5)n3)cc4-n3c4ccc(-c5ccccc5)cc4c(=Nc4ccccc4)c4cc(-c5ccccc5)cc2c43)cc1. The molecule has 0 unspecified atom stereocenters. The quantitative estimate of drug-likeness (QED) is 0.107. The average Bonchev–Trinajstić information content (AvgIpc) is 0.811. The molecule has 0 spiro atoms. The highest BCUT2D eigenvalue weighted by molar-refractivity contribution is 7.00. The van der Waals surface area contributed by atoms with Gasteiger partial charge >= 0.3 is 0 Å². The van der Waals surface area contributed by atoms with Crippen LogP contribution in [0.1, 0.15) is 0 Å². The summed E-state index contributed by atoms with van der Waals surface area (Å²) in [4.78, 5) is 27.8. The molecule has 0 N–H and O–H groups in total. The van der Waals surface area contributed by atoms with Crippen molar-refractivity contribution in [2.45, 2.75) is 0 Å². The van der Waals surface area contributed by atoms with E-state index in [4.69, 9.17) is 24.9 Å². The molecule has 8 heteroatoms. The molecule has 16 aromatic rings. The van der Waals surface area contributed by atoms with Gasteiger partial charge in [-0.25, -0.2) is 24.9 Å². The Morgan fingerprint density at radius 1 is 0.253 bits per heavy atom. The van der Waals surface area contributed by atoms with Crippen LogP contribution < -0.4 is 27.1 Å². The van der Waals surface area contributed by atoms with Crippen LogP contribution in [0, 0.1) is 0 Å². The summed E-state index contributed by atoms with van der Waals surface area (Å²) < 4.78 is 5.09. The van der Waals surface area contributed by atoms with Crippen LogP contribution in [0.4, 0.5) is 11.4 Å². The highest BCUT2D eigenvalue weighted by Gasteiger charge is 2.42. The maximum Gasteiger partial charge on any atom is 0.252 e. The highest BCUT2D eigenvalue weighted by Crippen LogP contribution is 2.40. The minimum atomic E-state index is -0.314. The van der Waals surface area contributed by atoms with E-state index < -0.39 is 0 Å². The number of pyridine rings is 2. The van der Waals surface area contributed by atoms with Gasteiger partial charge in [-0.3, -0.25) is 0 Å². The molecule has 18 rings (SSSR count). The molecule has 0 saturated carbocycles. The number of aromatic nitrogens is 5. The fraction of sp³-hybridized carbons (Fsp3) is 0. The molecule has 5 heterocycles. The van der Waals surface area contributed by atoms with Gasteiger partial charge in [-0.05, 0) is 134 Å². The van der Waals surface area contributed by atoms with Crippen molar-refractivity contribution in [3.8, 4) is 90.0 Å². The minimum Gasteiger partial charge on any atom is -0.310 e. The molecular formula is C83H52BN7. The van der Waals surface area contributed by atoms with Gasteiger partial charge in [0, 0.05) is 49.6 Å². The third-order valence-electron chi connectivity index (χ3n) is 18.1. The topological polar surface area (TPSA) is 73.2 Å². The van der Waals surface area contributed by atoms with E-state index in [0.29, 0.717) is 17.5 Å². The second-order valence-corrected chi connectivity index (χ2v) is 23.5. The summed E-state index contributed by atoms with van der Waals surface area (Å²) in [7, 11) is 0. The maximum atomic E-state index is 5.77. The van der Waals surface area contributed by atoms with E-state index >= 15 is 0 Å². The Morgan fingerprint density at radius 3 is 0.923 bits per heavy atom.